The molecule has 120 valence electrons. The normalized spacial score (nSPS) is 12.1. The lowest BCUT2D eigenvalue weighted by atomic mass is 10.1. The summed E-state index contributed by atoms with van der Waals surface area (Å²) in [6.07, 6.45) is 13.5. The van der Waals surface area contributed by atoms with Gasteiger partial charge in [-0.3, -0.25) is 9.59 Å². The molecule has 0 saturated carbocycles. The number of rotatable bonds is 12. The van der Waals surface area contributed by atoms with Gasteiger partial charge in [-0.05, 0) is 25.7 Å². The van der Waals surface area contributed by atoms with E-state index in [9.17, 15) is 9.59 Å². The standard InChI is InChI=1S/C17H29NO3/c1-4-5-6-7-8-9-10-11-12-13-17(21-16(3)20)14-18-15(2)19/h4,11-12,17H,1,5-10,13-14H2,2-3H3,(H,18,19). The van der Waals surface area contributed by atoms with Crippen LogP contribution in [-0.2, 0) is 14.3 Å². The second-order valence-electron chi connectivity index (χ2n) is 5.16. The number of ether oxygens (including phenoxy) is 1. The zero-order chi connectivity index (χ0) is 15.9. The van der Waals surface area contributed by atoms with Crippen LogP contribution in [-0.4, -0.2) is 24.5 Å². The van der Waals surface area contributed by atoms with Crippen LogP contribution in [0.2, 0.25) is 0 Å². The Labute approximate surface area is 128 Å². The summed E-state index contributed by atoms with van der Waals surface area (Å²) in [5, 5.41) is 2.67. The van der Waals surface area contributed by atoms with E-state index < -0.39 is 0 Å². The predicted octanol–water partition coefficient (Wildman–Crippen LogP) is 3.53. The lowest BCUT2D eigenvalue weighted by molar-refractivity contribution is -0.146. The van der Waals surface area contributed by atoms with Crippen molar-refractivity contribution in [2.24, 2.45) is 0 Å². The number of hydrogen-bond acceptors (Lipinski definition) is 3. The maximum absolute atomic E-state index is 11.0. The molecule has 1 unspecified atom stereocenters. The third-order valence-electron chi connectivity index (χ3n) is 3.01. The highest BCUT2D eigenvalue weighted by Gasteiger charge is 2.10. The lowest BCUT2D eigenvalue weighted by Gasteiger charge is -2.15. The van der Waals surface area contributed by atoms with Gasteiger partial charge in [-0.1, -0.05) is 31.1 Å². The van der Waals surface area contributed by atoms with Crippen LogP contribution in [0.25, 0.3) is 0 Å². The minimum Gasteiger partial charge on any atom is -0.460 e. The van der Waals surface area contributed by atoms with Crippen LogP contribution in [0, 0.1) is 0 Å². The summed E-state index contributed by atoms with van der Waals surface area (Å²) in [6, 6.07) is 0. The van der Waals surface area contributed by atoms with Crippen molar-refractivity contribution in [2.45, 2.75) is 64.9 Å². The van der Waals surface area contributed by atoms with Crippen molar-refractivity contribution in [3.05, 3.63) is 24.8 Å². The van der Waals surface area contributed by atoms with Gasteiger partial charge in [0.15, 0.2) is 0 Å². The number of unbranched alkanes of at least 4 members (excludes halogenated alkanes) is 5. The van der Waals surface area contributed by atoms with Crippen molar-refractivity contribution >= 4 is 11.9 Å². The van der Waals surface area contributed by atoms with Gasteiger partial charge in [-0.15, -0.1) is 6.58 Å². The molecule has 4 nitrogen and oxygen atoms in total. The third kappa shape index (κ3) is 14.6. The van der Waals surface area contributed by atoms with Gasteiger partial charge in [0.05, 0.1) is 6.54 Å². The minimum absolute atomic E-state index is 0.115. The van der Waals surface area contributed by atoms with Crippen LogP contribution in [0.1, 0.15) is 58.8 Å². The summed E-state index contributed by atoms with van der Waals surface area (Å²) in [4.78, 5) is 21.9. The zero-order valence-corrected chi connectivity index (χ0v) is 13.4. The van der Waals surface area contributed by atoms with Gasteiger partial charge in [0.1, 0.15) is 6.10 Å². The van der Waals surface area contributed by atoms with Crippen LogP contribution in [0.15, 0.2) is 24.8 Å². The van der Waals surface area contributed by atoms with Crippen molar-refractivity contribution < 1.29 is 14.3 Å². The van der Waals surface area contributed by atoms with E-state index in [1.165, 1.54) is 39.5 Å². The molecule has 1 N–H and O–H groups in total. The van der Waals surface area contributed by atoms with E-state index in [1.807, 2.05) is 12.2 Å². The minimum atomic E-state index is -0.319. The van der Waals surface area contributed by atoms with Crippen LogP contribution in [0.4, 0.5) is 0 Å². The zero-order valence-electron chi connectivity index (χ0n) is 13.4. The smallest absolute Gasteiger partial charge is 0.302 e. The van der Waals surface area contributed by atoms with Crippen LogP contribution < -0.4 is 5.32 Å². The number of nitrogens with one attached hydrogen (secondary N) is 1. The van der Waals surface area contributed by atoms with Gasteiger partial charge in [0.2, 0.25) is 5.91 Å². The van der Waals surface area contributed by atoms with Crippen molar-refractivity contribution in [3.63, 3.8) is 0 Å². The number of hydrogen-bond donors (Lipinski definition) is 1. The molecule has 0 rings (SSSR count). The van der Waals surface area contributed by atoms with Crippen molar-refractivity contribution in [1.82, 2.24) is 5.32 Å². The number of carbonyl (C=O) groups is 2. The molecule has 0 fully saturated rings. The van der Waals surface area contributed by atoms with Gasteiger partial charge < -0.3 is 10.1 Å². The van der Waals surface area contributed by atoms with Gasteiger partial charge in [0, 0.05) is 20.3 Å². The topological polar surface area (TPSA) is 55.4 Å². The molecule has 1 atom stereocenters. The Balaban J connectivity index is 3.78. The Morgan fingerprint density at radius 3 is 2.33 bits per heavy atom. The summed E-state index contributed by atoms with van der Waals surface area (Å²) in [5.74, 6) is -0.434. The fourth-order valence-corrected chi connectivity index (χ4v) is 1.94. The van der Waals surface area contributed by atoms with Crippen molar-refractivity contribution in [2.75, 3.05) is 6.54 Å². The average Bonchev–Trinajstić information content (AvgIpc) is 2.42. The molecule has 0 aromatic rings. The van der Waals surface area contributed by atoms with Crippen LogP contribution >= 0.6 is 0 Å². The molecular formula is C17H29NO3. The Morgan fingerprint density at radius 1 is 1.10 bits per heavy atom. The van der Waals surface area contributed by atoms with Gasteiger partial charge in [-0.2, -0.15) is 0 Å². The largest absolute Gasteiger partial charge is 0.460 e. The highest BCUT2D eigenvalue weighted by molar-refractivity contribution is 5.72. The first-order valence-electron chi connectivity index (χ1n) is 7.73. The highest BCUT2D eigenvalue weighted by atomic mass is 16.5. The molecule has 21 heavy (non-hydrogen) atoms. The van der Waals surface area contributed by atoms with Crippen LogP contribution in [0.3, 0.4) is 0 Å². The summed E-state index contributed by atoms with van der Waals surface area (Å²) in [5.41, 5.74) is 0. The second kappa shape index (κ2) is 13.4. The lowest BCUT2D eigenvalue weighted by Crippen LogP contribution is -2.32. The summed E-state index contributed by atoms with van der Waals surface area (Å²) >= 11 is 0. The Bertz CT molecular complexity index is 337. The molecule has 0 heterocycles. The summed E-state index contributed by atoms with van der Waals surface area (Å²) < 4.78 is 5.16. The Morgan fingerprint density at radius 2 is 1.76 bits per heavy atom. The van der Waals surface area contributed by atoms with E-state index in [0.29, 0.717) is 13.0 Å². The Hall–Kier alpha value is -1.58. The molecule has 0 bridgehead atoms. The maximum atomic E-state index is 11.0. The first kappa shape index (κ1) is 19.4. The molecule has 0 aliphatic rings. The summed E-state index contributed by atoms with van der Waals surface area (Å²) in [6.45, 7) is 6.90. The van der Waals surface area contributed by atoms with Crippen molar-refractivity contribution in [1.29, 1.82) is 0 Å². The first-order valence-corrected chi connectivity index (χ1v) is 7.73. The highest BCUT2D eigenvalue weighted by Crippen LogP contribution is 2.07. The van der Waals surface area contributed by atoms with Gasteiger partial charge in [-0.25, -0.2) is 0 Å². The molecule has 0 radical (unpaired) electrons. The summed E-state index contributed by atoms with van der Waals surface area (Å²) in [7, 11) is 0. The maximum Gasteiger partial charge on any atom is 0.302 e. The SMILES string of the molecule is C=CCCCCCCC=CCC(CNC(C)=O)OC(C)=O. The Kier molecular flexibility index (Phi) is 12.4. The third-order valence-corrected chi connectivity index (χ3v) is 3.01. The average molecular weight is 295 g/mol. The molecule has 0 aliphatic heterocycles. The monoisotopic (exact) mass is 295 g/mol. The molecule has 0 spiro atoms. The quantitative estimate of drug-likeness (QED) is 0.340. The molecule has 0 aromatic carbocycles. The number of esters is 1. The number of carbonyl (C=O) groups excluding carboxylic acids is 2. The van der Waals surface area contributed by atoms with E-state index in [2.05, 4.69) is 18.0 Å². The second-order valence-corrected chi connectivity index (χ2v) is 5.16. The van der Waals surface area contributed by atoms with E-state index >= 15 is 0 Å². The number of allylic oxidation sites excluding steroid dienone is 2. The molecular weight excluding hydrogens is 266 g/mol. The molecule has 4 heteroatoms. The first-order chi connectivity index (χ1) is 10.1. The number of amides is 1. The van der Waals surface area contributed by atoms with Crippen LogP contribution in [0.5, 0.6) is 0 Å². The fourth-order valence-electron chi connectivity index (χ4n) is 1.94. The molecule has 0 saturated heterocycles. The van der Waals surface area contributed by atoms with Gasteiger partial charge in [0.25, 0.3) is 0 Å². The fraction of sp³-hybridized carbons (Fsp3) is 0.647. The van der Waals surface area contributed by atoms with E-state index in [4.69, 9.17) is 4.74 Å². The van der Waals surface area contributed by atoms with E-state index in [1.54, 1.807) is 0 Å². The van der Waals surface area contributed by atoms with E-state index in [-0.39, 0.29) is 18.0 Å². The predicted molar refractivity (Wildman–Crippen MR) is 85.9 cm³/mol. The van der Waals surface area contributed by atoms with Crippen molar-refractivity contribution in [3.8, 4) is 0 Å². The molecule has 0 aliphatic carbocycles. The molecule has 0 aromatic heterocycles. The van der Waals surface area contributed by atoms with E-state index in [0.717, 1.165) is 12.8 Å². The molecule has 1 amide bonds. The van der Waals surface area contributed by atoms with Gasteiger partial charge >= 0.3 is 5.97 Å².